The molecule has 0 fully saturated rings. The van der Waals surface area contributed by atoms with Gasteiger partial charge in [-0.15, -0.1) is 0 Å². The van der Waals surface area contributed by atoms with Crippen molar-refractivity contribution in [1.29, 1.82) is 0 Å². The minimum absolute atomic E-state index is 0.145. The van der Waals surface area contributed by atoms with Crippen LogP contribution in [0.2, 0.25) is 0 Å². The molecule has 0 spiro atoms. The van der Waals surface area contributed by atoms with Crippen LogP contribution in [0.5, 0.6) is 0 Å². The molecule has 20 heavy (non-hydrogen) atoms. The molecule has 2 aromatic rings. The number of pyridine rings is 1. The predicted octanol–water partition coefficient (Wildman–Crippen LogP) is 1.97. The Morgan fingerprint density at radius 1 is 1.40 bits per heavy atom. The molecule has 0 aliphatic heterocycles. The number of hydrogen-bond acceptors (Lipinski definition) is 4. The highest BCUT2D eigenvalue weighted by molar-refractivity contribution is 5.18. The summed E-state index contributed by atoms with van der Waals surface area (Å²) < 4.78 is 15.7. The standard InChI is InChI=1S/C14H20FN5/c1-10(2)8-20-14(18-9-19-20)6-13(16-3)11-4-5-17-7-12(11)15/h4-5,7,9-10,13,16H,6,8H2,1-3H3. The molecule has 0 radical (unpaired) electrons. The number of rotatable bonds is 6. The van der Waals surface area contributed by atoms with Crippen molar-refractivity contribution in [2.45, 2.75) is 32.9 Å². The maximum atomic E-state index is 13.8. The van der Waals surface area contributed by atoms with E-state index in [1.165, 1.54) is 6.20 Å². The molecule has 2 heterocycles. The first kappa shape index (κ1) is 14.6. The van der Waals surface area contributed by atoms with Crippen molar-refractivity contribution >= 4 is 0 Å². The van der Waals surface area contributed by atoms with Crippen molar-refractivity contribution < 1.29 is 4.39 Å². The average Bonchev–Trinajstić information content (AvgIpc) is 2.83. The molecule has 1 N–H and O–H groups in total. The van der Waals surface area contributed by atoms with E-state index in [1.807, 2.05) is 11.7 Å². The first-order valence-electron chi connectivity index (χ1n) is 6.75. The molecule has 0 saturated heterocycles. The van der Waals surface area contributed by atoms with E-state index in [2.05, 4.69) is 34.2 Å². The zero-order chi connectivity index (χ0) is 14.5. The molecule has 5 nitrogen and oxygen atoms in total. The van der Waals surface area contributed by atoms with Gasteiger partial charge >= 0.3 is 0 Å². The van der Waals surface area contributed by atoms with Crippen molar-refractivity contribution in [2.75, 3.05) is 7.05 Å². The number of nitrogens with zero attached hydrogens (tertiary/aromatic N) is 4. The van der Waals surface area contributed by atoms with Gasteiger partial charge in [-0.2, -0.15) is 5.10 Å². The lowest BCUT2D eigenvalue weighted by Crippen LogP contribution is -2.23. The van der Waals surface area contributed by atoms with E-state index >= 15 is 0 Å². The van der Waals surface area contributed by atoms with Crippen LogP contribution in [0.1, 0.15) is 31.3 Å². The van der Waals surface area contributed by atoms with Crippen LogP contribution in [0, 0.1) is 11.7 Å². The van der Waals surface area contributed by atoms with Gasteiger partial charge in [0.05, 0.1) is 6.20 Å². The van der Waals surface area contributed by atoms with E-state index in [1.54, 1.807) is 18.6 Å². The molecule has 0 amide bonds. The summed E-state index contributed by atoms with van der Waals surface area (Å²) in [5.74, 6) is 1.04. The Labute approximate surface area is 118 Å². The third kappa shape index (κ3) is 3.39. The van der Waals surface area contributed by atoms with Crippen molar-refractivity contribution in [3.05, 3.63) is 42.0 Å². The van der Waals surface area contributed by atoms with Crippen LogP contribution in [0.3, 0.4) is 0 Å². The zero-order valence-corrected chi connectivity index (χ0v) is 12.0. The van der Waals surface area contributed by atoms with Crippen molar-refractivity contribution in [3.8, 4) is 0 Å². The molecule has 0 aliphatic rings. The fourth-order valence-corrected chi connectivity index (χ4v) is 2.16. The lowest BCUT2D eigenvalue weighted by atomic mass is 10.0. The second-order valence-corrected chi connectivity index (χ2v) is 5.19. The van der Waals surface area contributed by atoms with Crippen LogP contribution in [0.4, 0.5) is 4.39 Å². The van der Waals surface area contributed by atoms with Crippen LogP contribution < -0.4 is 5.32 Å². The quantitative estimate of drug-likeness (QED) is 0.877. The van der Waals surface area contributed by atoms with Gasteiger partial charge in [-0.3, -0.25) is 4.98 Å². The van der Waals surface area contributed by atoms with Crippen molar-refractivity contribution in [3.63, 3.8) is 0 Å². The maximum Gasteiger partial charge on any atom is 0.146 e. The van der Waals surface area contributed by atoms with E-state index in [0.717, 1.165) is 12.4 Å². The van der Waals surface area contributed by atoms with Crippen LogP contribution in [-0.4, -0.2) is 26.8 Å². The Balaban J connectivity index is 2.19. The van der Waals surface area contributed by atoms with Crippen molar-refractivity contribution in [1.82, 2.24) is 25.1 Å². The molecular formula is C14H20FN5. The second kappa shape index (κ2) is 6.56. The van der Waals surface area contributed by atoms with E-state index in [9.17, 15) is 4.39 Å². The highest BCUT2D eigenvalue weighted by atomic mass is 19.1. The lowest BCUT2D eigenvalue weighted by Gasteiger charge is -2.17. The molecule has 6 heteroatoms. The molecule has 0 saturated carbocycles. The van der Waals surface area contributed by atoms with Gasteiger partial charge in [0.15, 0.2) is 0 Å². The van der Waals surface area contributed by atoms with Gasteiger partial charge in [-0.05, 0) is 19.0 Å². The molecule has 108 valence electrons. The molecular weight excluding hydrogens is 257 g/mol. The average molecular weight is 277 g/mol. The SMILES string of the molecule is CNC(Cc1ncnn1CC(C)C)c1ccncc1F. The highest BCUT2D eigenvalue weighted by Crippen LogP contribution is 2.19. The van der Waals surface area contributed by atoms with Gasteiger partial charge in [-0.1, -0.05) is 13.8 Å². The smallest absolute Gasteiger partial charge is 0.146 e. The van der Waals surface area contributed by atoms with Gasteiger partial charge in [0.25, 0.3) is 0 Å². The third-order valence-electron chi connectivity index (χ3n) is 3.15. The number of aromatic nitrogens is 4. The van der Waals surface area contributed by atoms with Crippen LogP contribution in [0.25, 0.3) is 0 Å². The fraction of sp³-hybridized carbons (Fsp3) is 0.500. The minimum atomic E-state index is -0.304. The molecule has 0 aromatic carbocycles. The Morgan fingerprint density at radius 3 is 2.85 bits per heavy atom. The summed E-state index contributed by atoms with van der Waals surface area (Å²) in [5.41, 5.74) is 0.599. The first-order valence-corrected chi connectivity index (χ1v) is 6.75. The van der Waals surface area contributed by atoms with Crippen LogP contribution in [-0.2, 0) is 13.0 Å². The van der Waals surface area contributed by atoms with Gasteiger partial charge in [0.2, 0.25) is 0 Å². The topological polar surface area (TPSA) is 55.6 Å². The molecule has 2 rings (SSSR count). The Hall–Kier alpha value is -1.82. The first-order chi connectivity index (χ1) is 9.61. The minimum Gasteiger partial charge on any atom is -0.313 e. The molecule has 0 bridgehead atoms. The molecule has 0 aliphatic carbocycles. The van der Waals surface area contributed by atoms with E-state index in [4.69, 9.17) is 0 Å². The zero-order valence-electron chi connectivity index (χ0n) is 12.0. The van der Waals surface area contributed by atoms with Crippen LogP contribution >= 0.6 is 0 Å². The summed E-state index contributed by atoms with van der Waals surface area (Å²) >= 11 is 0. The Kier molecular flexibility index (Phi) is 4.79. The van der Waals surface area contributed by atoms with E-state index in [-0.39, 0.29) is 11.9 Å². The summed E-state index contributed by atoms with van der Waals surface area (Å²) in [6, 6.07) is 1.55. The maximum absolute atomic E-state index is 13.8. The van der Waals surface area contributed by atoms with Gasteiger partial charge < -0.3 is 5.32 Å². The summed E-state index contributed by atoms with van der Waals surface area (Å²) in [6.07, 6.45) is 4.97. The summed E-state index contributed by atoms with van der Waals surface area (Å²) in [7, 11) is 1.81. The highest BCUT2D eigenvalue weighted by Gasteiger charge is 2.17. The number of likely N-dealkylation sites (N-methyl/N-ethyl adjacent to an activating group) is 1. The number of hydrogen-bond donors (Lipinski definition) is 1. The largest absolute Gasteiger partial charge is 0.313 e. The normalized spacial score (nSPS) is 12.8. The summed E-state index contributed by atoms with van der Waals surface area (Å²) in [4.78, 5) is 8.07. The summed E-state index contributed by atoms with van der Waals surface area (Å²) in [6.45, 7) is 5.07. The van der Waals surface area contributed by atoms with Gasteiger partial charge in [0.1, 0.15) is 18.0 Å². The van der Waals surface area contributed by atoms with E-state index in [0.29, 0.717) is 17.9 Å². The van der Waals surface area contributed by atoms with Gasteiger partial charge in [0, 0.05) is 30.8 Å². The second-order valence-electron chi connectivity index (χ2n) is 5.19. The van der Waals surface area contributed by atoms with Gasteiger partial charge in [-0.25, -0.2) is 14.1 Å². The predicted molar refractivity (Wildman–Crippen MR) is 74.6 cm³/mol. The molecule has 1 unspecified atom stereocenters. The summed E-state index contributed by atoms with van der Waals surface area (Å²) in [5, 5.41) is 7.36. The molecule has 2 aromatic heterocycles. The van der Waals surface area contributed by atoms with E-state index < -0.39 is 0 Å². The Morgan fingerprint density at radius 2 is 2.20 bits per heavy atom. The number of nitrogens with one attached hydrogen (secondary N) is 1. The lowest BCUT2D eigenvalue weighted by molar-refractivity contribution is 0.447. The molecule has 1 atom stereocenters. The Bertz CT molecular complexity index is 552. The van der Waals surface area contributed by atoms with Crippen LogP contribution in [0.15, 0.2) is 24.8 Å². The third-order valence-corrected chi connectivity index (χ3v) is 3.15. The van der Waals surface area contributed by atoms with Crippen molar-refractivity contribution in [2.24, 2.45) is 5.92 Å². The number of halogens is 1. The monoisotopic (exact) mass is 277 g/mol. The fourth-order valence-electron chi connectivity index (χ4n) is 2.16.